The Hall–Kier alpha value is -2.78. The molecule has 4 amide bonds. The van der Waals surface area contributed by atoms with Gasteiger partial charge in [-0.2, -0.15) is 0 Å². The van der Waals surface area contributed by atoms with Gasteiger partial charge in [-0.15, -0.1) is 0 Å². The summed E-state index contributed by atoms with van der Waals surface area (Å²) in [7, 11) is 1.64. The van der Waals surface area contributed by atoms with Crippen molar-refractivity contribution < 1.29 is 19.1 Å². The summed E-state index contributed by atoms with van der Waals surface area (Å²) >= 11 is 6.45. The molecule has 2 atom stereocenters. The van der Waals surface area contributed by atoms with Crippen molar-refractivity contribution in [1.29, 1.82) is 0 Å². The third-order valence-electron chi connectivity index (χ3n) is 6.12. The van der Waals surface area contributed by atoms with Crippen LogP contribution in [0.4, 0.5) is 9.59 Å². The summed E-state index contributed by atoms with van der Waals surface area (Å²) in [5.41, 5.74) is 1.24. The summed E-state index contributed by atoms with van der Waals surface area (Å²) in [6.45, 7) is 11.9. The molecule has 2 aliphatic rings. The Labute approximate surface area is 212 Å². The van der Waals surface area contributed by atoms with Crippen molar-refractivity contribution in [2.24, 2.45) is 0 Å². The van der Waals surface area contributed by atoms with Crippen LogP contribution in [0.2, 0.25) is 5.02 Å². The Morgan fingerprint density at radius 2 is 1.91 bits per heavy atom. The van der Waals surface area contributed by atoms with E-state index >= 15 is 0 Å². The van der Waals surface area contributed by atoms with E-state index in [1.165, 1.54) is 4.90 Å². The summed E-state index contributed by atoms with van der Waals surface area (Å²) < 4.78 is 5.39. The molecule has 0 saturated carbocycles. The van der Waals surface area contributed by atoms with Gasteiger partial charge >= 0.3 is 18.0 Å². The van der Waals surface area contributed by atoms with Crippen LogP contribution in [0.3, 0.4) is 0 Å². The van der Waals surface area contributed by atoms with E-state index in [9.17, 15) is 14.4 Å². The second kappa shape index (κ2) is 10.9. The third-order valence-corrected chi connectivity index (χ3v) is 6.46. The second-order valence-electron chi connectivity index (χ2n) is 10.0. The molecule has 9 nitrogen and oxygen atoms in total. The van der Waals surface area contributed by atoms with Gasteiger partial charge in [0.2, 0.25) is 0 Å². The van der Waals surface area contributed by atoms with Crippen LogP contribution in [0.25, 0.3) is 0 Å². The van der Waals surface area contributed by atoms with Gasteiger partial charge in [0.05, 0.1) is 18.2 Å². The van der Waals surface area contributed by atoms with E-state index in [1.807, 2.05) is 38.7 Å². The minimum absolute atomic E-state index is 0.0418. The molecule has 1 aromatic rings. The summed E-state index contributed by atoms with van der Waals surface area (Å²) in [6.07, 6.45) is 0. The summed E-state index contributed by atoms with van der Waals surface area (Å²) in [4.78, 5) is 44.2. The van der Waals surface area contributed by atoms with E-state index in [0.717, 1.165) is 0 Å². The lowest BCUT2D eigenvalue weighted by Gasteiger charge is -2.43. The number of ether oxygens (including phenoxy) is 1. The number of esters is 1. The molecule has 0 radical (unpaired) electrons. The Morgan fingerprint density at radius 3 is 2.51 bits per heavy atom. The van der Waals surface area contributed by atoms with Crippen molar-refractivity contribution in [3.63, 3.8) is 0 Å². The molecule has 1 fully saturated rings. The molecule has 0 spiro atoms. The number of carbonyl (C=O) groups excluding carboxylic acids is 3. The van der Waals surface area contributed by atoms with E-state index in [2.05, 4.69) is 15.5 Å². The molecular formula is C25H36ClN5O4. The van der Waals surface area contributed by atoms with E-state index in [-0.39, 0.29) is 30.2 Å². The lowest BCUT2D eigenvalue weighted by molar-refractivity contribution is -0.139. The van der Waals surface area contributed by atoms with Gasteiger partial charge in [0, 0.05) is 55.5 Å². The first-order chi connectivity index (χ1) is 16.4. The first kappa shape index (κ1) is 26.8. The molecule has 2 aliphatic heterocycles. The van der Waals surface area contributed by atoms with Gasteiger partial charge < -0.3 is 20.3 Å². The standard InChI is InChI=1S/C25H36ClN5O4/c1-7-35-22(32)20-19(29(6)23(33)27-21(20)17-10-8-9-11-18(17)26)15-30-12-13-31(16(2)14-30)24(34)28-25(3,4)5/h8-11,16,21H,7,12-15H2,1-6H3,(H,27,33)(H,28,34)/t16-,21-/m0/s1. The van der Waals surface area contributed by atoms with E-state index in [1.54, 1.807) is 32.2 Å². The zero-order valence-electron chi connectivity index (χ0n) is 21.4. The third kappa shape index (κ3) is 6.27. The lowest BCUT2D eigenvalue weighted by Crippen LogP contribution is -2.59. The molecule has 35 heavy (non-hydrogen) atoms. The number of halogens is 1. The molecule has 2 heterocycles. The van der Waals surface area contributed by atoms with Crippen LogP contribution in [0.5, 0.6) is 0 Å². The number of amides is 4. The zero-order chi connectivity index (χ0) is 25.9. The van der Waals surface area contributed by atoms with Crippen LogP contribution >= 0.6 is 11.6 Å². The Bertz CT molecular complexity index is 1010. The topological polar surface area (TPSA) is 94.2 Å². The first-order valence-electron chi connectivity index (χ1n) is 11.9. The highest BCUT2D eigenvalue weighted by Gasteiger charge is 2.39. The molecule has 1 aromatic carbocycles. The molecule has 0 bridgehead atoms. The number of carbonyl (C=O) groups is 3. The average Bonchev–Trinajstić information content (AvgIpc) is 2.76. The molecule has 0 aliphatic carbocycles. The summed E-state index contributed by atoms with van der Waals surface area (Å²) in [5, 5.41) is 6.37. The molecule has 192 valence electrons. The SMILES string of the molecule is CCOC(=O)C1=C(CN2CCN(C(=O)NC(C)(C)C)[C@@H](C)C2)N(C)C(=O)N[C@H]1c1ccccc1Cl. The van der Waals surface area contributed by atoms with Crippen LogP contribution in [0, 0.1) is 0 Å². The van der Waals surface area contributed by atoms with Gasteiger partial charge in [-0.05, 0) is 46.2 Å². The number of nitrogens with zero attached hydrogens (tertiary/aromatic N) is 3. The maximum Gasteiger partial charge on any atom is 0.338 e. The summed E-state index contributed by atoms with van der Waals surface area (Å²) in [6, 6.07) is 5.96. The van der Waals surface area contributed by atoms with E-state index in [0.29, 0.717) is 48.0 Å². The molecule has 2 N–H and O–H groups in total. The lowest BCUT2D eigenvalue weighted by atomic mass is 9.94. The predicted molar refractivity (Wildman–Crippen MR) is 135 cm³/mol. The van der Waals surface area contributed by atoms with Crippen molar-refractivity contribution in [2.45, 2.75) is 52.2 Å². The maximum absolute atomic E-state index is 13.2. The van der Waals surface area contributed by atoms with Crippen molar-refractivity contribution in [3.8, 4) is 0 Å². The number of piperazine rings is 1. The van der Waals surface area contributed by atoms with E-state index < -0.39 is 12.0 Å². The number of hydrogen-bond acceptors (Lipinski definition) is 5. The minimum atomic E-state index is -0.724. The van der Waals surface area contributed by atoms with Crippen molar-refractivity contribution >= 4 is 29.6 Å². The quantitative estimate of drug-likeness (QED) is 0.598. The highest BCUT2D eigenvalue weighted by molar-refractivity contribution is 6.31. The predicted octanol–water partition coefficient (Wildman–Crippen LogP) is 3.37. The number of urea groups is 2. The monoisotopic (exact) mass is 505 g/mol. The summed E-state index contributed by atoms with van der Waals surface area (Å²) in [5.74, 6) is -0.490. The van der Waals surface area contributed by atoms with Gasteiger partial charge in [-0.3, -0.25) is 9.80 Å². The van der Waals surface area contributed by atoms with Gasteiger partial charge in [0.25, 0.3) is 0 Å². The highest BCUT2D eigenvalue weighted by Crippen LogP contribution is 2.35. The Kier molecular flexibility index (Phi) is 8.33. The highest BCUT2D eigenvalue weighted by atomic mass is 35.5. The Balaban J connectivity index is 1.90. The Morgan fingerprint density at radius 1 is 1.23 bits per heavy atom. The number of rotatable bonds is 5. The fourth-order valence-electron chi connectivity index (χ4n) is 4.42. The smallest absolute Gasteiger partial charge is 0.338 e. The van der Waals surface area contributed by atoms with E-state index in [4.69, 9.17) is 16.3 Å². The van der Waals surface area contributed by atoms with Crippen LogP contribution in [-0.2, 0) is 9.53 Å². The fraction of sp³-hybridized carbons (Fsp3) is 0.560. The van der Waals surface area contributed by atoms with Crippen LogP contribution in [0.15, 0.2) is 35.5 Å². The van der Waals surface area contributed by atoms with Gasteiger partial charge in [-0.1, -0.05) is 29.8 Å². The molecule has 1 saturated heterocycles. The van der Waals surface area contributed by atoms with Crippen LogP contribution in [0.1, 0.15) is 46.2 Å². The minimum Gasteiger partial charge on any atom is -0.463 e. The normalized spacial score (nSPS) is 21.6. The zero-order valence-corrected chi connectivity index (χ0v) is 22.1. The maximum atomic E-state index is 13.2. The number of hydrogen-bond donors (Lipinski definition) is 2. The second-order valence-corrected chi connectivity index (χ2v) is 10.4. The van der Waals surface area contributed by atoms with Gasteiger partial charge in [0.15, 0.2) is 0 Å². The first-order valence-corrected chi connectivity index (χ1v) is 12.3. The number of benzene rings is 1. The average molecular weight is 506 g/mol. The number of likely N-dealkylation sites (N-methyl/N-ethyl adjacent to an activating group) is 1. The van der Waals surface area contributed by atoms with Crippen LogP contribution < -0.4 is 10.6 Å². The largest absolute Gasteiger partial charge is 0.463 e. The fourth-order valence-corrected chi connectivity index (χ4v) is 4.67. The molecule has 3 rings (SSSR count). The van der Waals surface area contributed by atoms with Crippen molar-refractivity contribution in [1.82, 2.24) is 25.3 Å². The molecule has 0 aromatic heterocycles. The van der Waals surface area contributed by atoms with Crippen LogP contribution in [-0.4, -0.2) is 84.1 Å². The van der Waals surface area contributed by atoms with Gasteiger partial charge in [-0.25, -0.2) is 14.4 Å². The van der Waals surface area contributed by atoms with Crippen molar-refractivity contribution in [2.75, 3.05) is 39.8 Å². The van der Waals surface area contributed by atoms with Gasteiger partial charge in [0.1, 0.15) is 0 Å². The molecular weight excluding hydrogens is 470 g/mol. The van der Waals surface area contributed by atoms with Crippen molar-refractivity contribution in [3.05, 3.63) is 46.1 Å². The number of nitrogens with one attached hydrogen (secondary N) is 2. The molecule has 0 unspecified atom stereocenters. The molecule has 10 heteroatoms.